The molecule has 0 heterocycles. The quantitative estimate of drug-likeness (QED) is 0.328. The SMILES string of the molecule is COC(=O)C(C(=O)OC)c1ccc(S(C)(=O)=O)cc1[N+](=O)[O-]. The highest BCUT2D eigenvalue weighted by Crippen LogP contribution is 2.31. The highest BCUT2D eigenvalue weighted by Gasteiger charge is 2.36. The maximum atomic E-state index is 11.7. The Balaban J connectivity index is 3.60. The van der Waals surface area contributed by atoms with E-state index in [0.29, 0.717) is 0 Å². The number of esters is 2. The molecule has 1 aromatic carbocycles. The molecule has 0 aliphatic heterocycles. The summed E-state index contributed by atoms with van der Waals surface area (Å²) in [6.45, 7) is 0. The van der Waals surface area contributed by atoms with Gasteiger partial charge in [0.2, 0.25) is 0 Å². The van der Waals surface area contributed by atoms with Gasteiger partial charge in [-0.15, -0.1) is 0 Å². The number of carbonyl (C=O) groups excluding carboxylic acids is 2. The van der Waals surface area contributed by atoms with Gasteiger partial charge in [-0.1, -0.05) is 0 Å². The summed E-state index contributed by atoms with van der Waals surface area (Å²) in [4.78, 5) is 33.3. The van der Waals surface area contributed by atoms with E-state index in [1.165, 1.54) is 0 Å². The number of nitro benzene ring substituents is 1. The molecule has 0 atom stereocenters. The topological polar surface area (TPSA) is 130 Å². The lowest BCUT2D eigenvalue weighted by atomic mass is 9.97. The van der Waals surface area contributed by atoms with Gasteiger partial charge in [-0.25, -0.2) is 8.42 Å². The minimum Gasteiger partial charge on any atom is -0.468 e. The Morgan fingerprint density at radius 1 is 1.18 bits per heavy atom. The summed E-state index contributed by atoms with van der Waals surface area (Å²) in [5, 5.41) is 11.1. The molecule has 0 amide bonds. The van der Waals surface area contributed by atoms with Crippen molar-refractivity contribution in [2.45, 2.75) is 10.8 Å². The molecule has 0 aliphatic rings. The summed E-state index contributed by atoms with van der Waals surface area (Å²) in [6.07, 6.45) is 0.879. The fraction of sp³-hybridized carbons (Fsp3) is 0.333. The van der Waals surface area contributed by atoms with Gasteiger partial charge in [0.25, 0.3) is 5.69 Å². The number of nitro groups is 1. The van der Waals surface area contributed by atoms with Gasteiger partial charge >= 0.3 is 11.9 Å². The standard InChI is InChI=1S/C12H13NO8S/c1-20-11(14)10(12(15)21-2)8-5-4-7(22(3,18)19)6-9(8)13(16)17/h4-6,10H,1-3H3. The van der Waals surface area contributed by atoms with Crippen LogP contribution in [0.25, 0.3) is 0 Å². The zero-order valence-corrected chi connectivity index (χ0v) is 12.7. The minimum atomic E-state index is -3.69. The molecule has 0 saturated heterocycles. The van der Waals surface area contributed by atoms with E-state index in [1.54, 1.807) is 0 Å². The molecule has 1 aromatic rings. The largest absolute Gasteiger partial charge is 0.468 e. The Hall–Kier alpha value is -2.49. The van der Waals surface area contributed by atoms with Crippen LogP contribution in [0.5, 0.6) is 0 Å². The molecular formula is C12H13NO8S. The van der Waals surface area contributed by atoms with Crippen molar-refractivity contribution in [2.24, 2.45) is 0 Å². The third-order valence-electron chi connectivity index (χ3n) is 2.81. The van der Waals surface area contributed by atoms with E-state index < -0.39 is 38.3 Å². The Morgan fingerprint density at radius 3 is 2.05 bits per heavy atom. The number of benzene rings is 1. The summed E-state index contributed by atoms with van der Waals surface area (Å²) in [5.74, 6) is -3.78. The van der Waals surface area contributed by atoms with Gasteiger partial charge in [0.1, 0.15) is 0 Å². The highest BCUT2D eigenvalue weighted by atomic mass is 32.2. The summed E-state index contributed by atoms with van der Waals surface area (Å²) in [6, 6.07) is 2.87. The van der Waals surface area contributed by atoms with Gasteiger partial charge in [0.05, 0.1) is 29.6 Å². The zero-order chi connectivity index (χ0) is 17.1. The van der Waals surface area contributed by atoms with Gasteiger partial charge < -0.3 is 9.47 Å². The first-order valence-corrected chi connectivity index (χ1v) is 7.66. The molecule has 1 rings (SSSR count). The van der Waals surface area contributed by atoms with Crippen LogP contribution in [-0.4, -0.2) is 45.8 Å². The fourth-order valence-corrected chi connectivity index (χ4v) is 2.38. The molecule has 0 saturated carbocycles. The lowest BCUT2D eigenvalue weighted by molar-refractivity contribution is -0.385. The number of sulfone groups is 1. The molecule has 0 bridgehead atoms. The average Bonchev–Trinajstić information content (AvgIpc) is 2.45. The molecule has 0 aliphatic carbocycles. The third kappa shape index (κ3) is 3.58. The predicted octanol–water partition coefficient (Wildman–Crippen LogP) is 0.428. The van der Waals surface area contributed by atoms with Gasteiger partial charge in [-0.2, -0.15) is 0 Å². The van der Waals surface area contributed by atoms with Crippen LogP contribution in [-0.2, 0) is 28.9 Å². The first kappa shape index (κ1) is 17.6. The number of hydrogen-bond donors (Lipinski definition) is 0. The Bertz CT molecular complexity index is 709. The number of methoxy groups -OCH3 is 2. The van der Waals surface area contributed by atoms with Crippen LogP contribution in [0.1, 0.15) is 11.5 Å². The van der Waals surface area contributed by atoms with Crippen molar-refractivity contribution >= 4 is 27.5 Å². The van der Waals surface area contributed by atoms with Crippen molar-refractivity contribution in [2.75, 3.05) is 20.5 Å². The van der Waals surface area contributed by atoms with Crippen molar-refractivity contribution in [3.05, 3.63) is 33.9 Å². The second-order valence-corrected chi connectivity index (χ2v) is 6.24. The molecule has 0 N–H and O–H groups in total. The Morgan fingerprint density at radius 2 is 1.68 bits per heavy atom. The summed E-state index contributed by atoms with van der Waals surface area (Å²) in [5.41, 5.74) is -1.00. The summed E-state index contributed by atoms with van der Waals surface area (Å²) >= 11 is 0. The first-order chi connectivity index (χ1) is 10.1. The molecule has 120 valence electrons. The van der Waals surface area contributed by atoms with Gasteiger partial charge in [0.15, 0.2) is 15.8 Å². The second kappa shape index (κ2) is 6.52. The fourth-order valence-electron chi connectivity index (χ4n) is 1.74. The maximum absolute atomic E-state index is 11.7. The number of ether oxygens (including phenoxy) is 2. The van der Waals surface area contributed by atoms with Gasteiger partial charge in [0, 0.05) is 12.3 Å². The lowest BCUT2D eigenvalue weighted by Gasteiger charge is -2.13. The highest BCUT2D eigenvalue weighted by molar-refractivity contribution is 7.90. The third-order valence-corrected chi connectivity index (χ3v) is 3.92. The van der Waals surface area contributed by atoms with Crippen molar-refractivity contribution < 1.29 is 32.4 Å². The van der Waals surface area contributed by atoms with Crippen molar-refractivity contribution in [1.29, 1.82) is 0 Å². The molecule has 0 aromatic heterocycles. The van der Waals surface area contributed by atoms with Crippen LogP contribution < -0.4 is 0 Å². The van der Waals surface area contributed by atoms with Crippen LogP contribution in [0, 0.1) is 10.1 Å². The second-order valence-electron chi connectivity index (χ2n) is 4.23. The minimum absolute atomic E-state index is 0.309. The number of nitrogens with zero attached hydrogens (tertiary/aromatic N) is 1. The van der Waals surface area contributed by atoms with Gasteiger partial charge in [-0.05, 0) is 12.1 Å². The molecular weight excluding hydrogens is 318 g/mol. The van der Waals surface area contributed by atoms with Crippen LogP contribution in [0.3, 0.4) is 0 Å². The van der Waals surface area contributed by atoms with E-state index in [4.69, 9.17) is 0 Å². The van der Waals surface area contributed by atoms with Crippen LogP contribution in [0.15, 0.2) is 23.1 Å². The van der Waals surface area contributed by atoms with Crippen molar-refractivity contribution in [1.82, 2.24) is 0 Å². The molecule has 0 fully saturated rings. The molecule has 22 heavy (non-hydrogen) atoms. The van der Waals surface area contributed by atoms with Crippen LogP contribution in [0.2, 0.25) is 0 Å². The van der Waals surface area contributed by atoms with E-state index >= 15 is 0 Å². The van der Waals surface area contributed by atoms with Crippen LogP contribution >= 0.6 is 0 Å². The molecule has 0 spiro atoms. The smallest absolute Gasteiger partial charge is 0.324 e. The number of hydrogen-bond acceptors (Lipinski definition) is 8. The summed E-state index contributed by atoms with van der Waals surface area (Å²) in [7, 11) is -1.67. The molecule has 9 nitrogen and oxygen atoms in total. The Labute approximate surface area is 125 Å². The number of rotatable bonds is 5. The van der Waals surface area contributed by atoms with E-state index in [1.807, 2.05) is 0 Å². The molecule has 0 radical (unpaired) electrons. The predicted molar refractivity (Wildman–Crippen MR) is 73.0 cm³/mol. The molecule has 0 unspecified atom stereocenters. The van der Waals surface area contributed by atoms with E-state index in [0.717, 1.165) is 38.7 Å². The average molecular weight is 331 g/mol. The van der Waals surface area contributed by atoms with E-state index in [-0.39, 0.29) is 10.5 Å². The summed E-state index contributed by atoms with van der Waals surface area (Å²) < 4.78 is 31.8. The van der Waals surface area contributed by atoms with Gasteiger partial charge in [-0.3, -0.25) is 19.7 Å². The number of carbonyl (C=O) groups is 2. The van der Waals surface area contributed by atoms with E-state index in [2.05, 4.69) is 9.47 Å². The van der Waals surface area contributed by atoms with Crippen LogP contribution in [0.4, 0.5) is 5.69 Å². The zero-order valence-electron chi connectivity index (χ0n) is 11.9. The maximum Gasteiger partial charge on any atom is 0.324 e. The van der Waals surface area contributed by atoms with Crippen molar-refractivity contribution in [3.63, 3.8) is 0 Å². The van der Waals surface area contributed by atoms with E-state index in [9.17, 15) is 28.1 Å². The Kier molecular flexibility index (Phi) is 5.20. The monoisotopic (exact) mass is 331 g/mol. The normalized spacial score (nSPS) is 11.1. The lowest BCUT2D eigenvalue weighted by Crippen LogP contribution is -2.25. The van der Waals surface area contributed by atoms with Crippen molar-refractivity contribution in [3.8, 4) is 0 Å². The molecule has 10 heteroatoms. The first-order valence-electron chi connectivity index (χ1n) is 5.77.